The van der Waals surface area contributed by atoms with Gasteiger partial charge in [0.2, 0.25) is 0 Å². The van der Waals surface area contributed by atoms with E-state index in [0.717, 1.165) is 31.6 Å². The molecule has 0 aliphatic heterocycles. The van der Waals surface area contributed by atoms with Crippen LogP contribution in [0.15, 0.2) is 12.2 Å². The van der Waals surface area contributed by atoms with E-state index in [1.54, 1.807) is 0 Å². The highest BCUT2D eigenvalue weighted by atomic mass is 16.5. The van der Waals surface area contributed by atoms with E-state index < -0.39 is 17.8 Å². The van der Waals surface area contributed by atoms with Crippen molar-refractivity contribution in [1.82, 2.24) is 0 Å². The van der Waals surface area contributed by atoms with Crippen molar-refractivity contribution in [1.29, 1.82) is 0 Å². The predicted molar refractivity (Wildman–Crippen MR) is 137 cm³/mol. The van der Waals surface area contributed by atoms with Crippen LogP contribution in [-0.4, -0.2) is 23.1 Å². The average molecular weight is 465 g/mol. The van der Waals surface area contributed by atoms with Gasteiger partial charge in [-0.15, -0.1) is 0 Å². The monoisotopic (exact) mass is 464 g/mol. The van der Waals surface area contributed by atoms with Gasteiger partial charge in [-0.05, 0) is 38.0 Å². The molecule has 1 rings (SSSR count). The predicted octanol–water partition coefficient (Wildman–Crippen LogP) is 8.48. The normalized spacial score (nSPS) is 19.0. The van der Waals surface area contributed by atoms with Crippen LogP contribution in [0.3, 0.4) is 0 Å². The lowest BCUT2D eigenvalue weighted by Gasteiger charge is -2.26. The number of ether oxygens (including phenoxy) is 1. The summed E-state index contributed by atoms with van der Waals surface area (Å²) in [6.45, 7) is 6.73. The number of carboxylic acid groups (broad SMARTS) is 1. The average Bonchev–Trinajstić information content (AvgIpc) is 2.79. The first kappa shape index (κ1) is 29.7. The maximum Gasteiger partial charge on any atom is 0.310 e. The number of hydrogen-bond donors (Lipinski definition) is 1. The van der Waals surface area contributed by atoms with Crippen molar-refractivity contribution < 1.29 is 19.4 Å². The molecular formula is C29H52O4. The van der Waals surface area contributed by atoms with Gasteiger partial charge in [0.1, 0.15) is 6.10 Å². The molecule has 4 heteroatoms. The summed E-state index contributed by atoms with van der Waals surface area (Å²) in [4.78, 5) is 24.1. The summed E-state index contributed by atoms with van der Waals surface area (Å²) in [6, 6.07) is 0. The van der Waals surface area contributed by atoms with E-state index in [2.05, 4.69) is 20.8 Å². The lowest BCUT2D eigenvalue weighted by molar-refractivity contribution is -0.162. The fourth-order valence-electron chi connectivity index (χ4n) is 4.88. The van der Waals surface area contributed by atoms with Gasteiger partial charge in [-0.2, -0.15) is 0 Å². The van der Waals surface area contributed by atoms with Crippen LogP contribution < -0.4 is 0 Å². The number of unbranched alkanes of at least 4 members (excludes halogenated alkanes) is 11. The van der Waals surface area contributed by atoms with Crippen LogP contribution in [-0.2, 0) is 14.3 Å². The lowest BCUT2D eigenvalue weighted by atomic mass is 9.83. The second kappa shape index (κ2) is 19.0. The maximum absolute atomic E-state index is 12.6. The summed E-state index contributed by atoms with van der Waals surface area (Å²) in [7, 11) is 0. The van der Waals surface area contributed by atoms with Gasteiger partial charge in [-0.1, -0.05) is 116 Å². The minimum absolute atomic E-state index is 0.0663. The third-order valence-electron chi connectivity index (χ3n) is 7.00. The molecule has 0 saturated carbocycles. The molecular weight excluding hydrogens is 412 g/mol. The van der Waals surface area contributed by atoms with Gasteiger partial charge < -0.3 is 9.84 Å². The number of aliphatic carboxylic acids is 1. The molecule has 4 nitrogen and oxygen atoms in total. The number of rotatable bonds is 20. The SMILES string of the molecule is CCCC(CCCCCCCCCCCCCCC(C)C)OC(=O)C1CC=CCC1C(=O)O. The smallest absolute Gasteiger partial charge is 0.310 e. The zero-order valence-corrected chi connectivity index (χ0v) is 21.9. The van der Waals surface area contributed by atoms with E-state index in [1.165, 1.54) is 77.0 Å². The number of allylic oxidation sites excluding steroid dienone is 2. The van der Waals surface area contributed by atoms with Crippen molar-refractivity contribution in [3.05, 3.63) is 12.2 Å². The zero-order valence-electron chi connectivity index (χ0n) is 21.9. The molecule has 1 aliphatic rings. The highest BCUT2D eigenvalue weighted by molar-refractivity contribution is 5.81. The molecule has 33 heavy (non-hydrogen) atoms. The number of hydrogen-bond acceptors (Lipinski definition) is 3. The summed E-state index contributed by atoms with van der Waals surface area (Å²) >= 11 is 0. The fraction of sp³-hybridized carbons (Fsp3) is 0.862. The molecule has 3 unspecified atom stereocenters. The minimum atomic E-state index is -0.894. The first-order chi connectivity index (χ1) is 16.0. The van der Waals surface area contributed by atoms with Crippen molar-refractivity contribution in [2.75, 3.05) is 0 Å². The highest BCUT2D eigenvalue weighted by Crippen LogP contribution is 2.28. The Morgan fingerprint density at radius 2 is 1.21 bits per heavy atom. The molecule has 1 aliphatic carbocycles. The standard InChI is InChI=1S/C29H52O4/c1-4-19-25(33-29(32)27-23-18-17-22-26(27)28(30)31)21-16-14-12-10-8-6-5-7-9-11-13-15-20-24(2)3/h17-18,24-27H,4-16,19-23H2,1-3H3,(H,30,31). The first-order valence-electron chi connectivity index (χ1n) is 14.0. The highest BCUT2D eigenvalue weighted by Gasteiger charge is 2.35. The molecule has 3 atom stereocenters. The van der Waals surface area contributed by atoms with Crippen LogP contribution in [0, 0.1) is 17.8 Å². The van der Waals surface area contributed by atoms with Crippen molar-refractivity contribution in [3.8, 4) is 0 Å². The lowest BCUT2D eigenvalue weighted by Crippen LogP contribution is -2.34. The Morgan fingerprint density at radius 1 is 0.758 bits per heavy atom. The van der Waals surface area contributed by atoms with Gasteiger partial charge in [0.25, 0.3) is 0 Å². The number of esters is 1. The van der Waals surface area contributed by atoms with Gasteiger partial charge in [0, 0.05) is 0 Å². The van der Waals surface area contributed by atoms with Gasteiger partial charge in [-0.3, -0.25) is 9.59 Å². The summed E-state index contributed by atoms with van der Waals surface area (Å²) < 4.78 is 5.79. The third kappa shape index (κ3) is 14.5. The number of carbonyl (C=O) groups excluding carboxylic acids is 1. The Kier molecular flexibility index (Phi) is 17.1. The Bertz CT molecular complexity index is 540. The largest absolute Gasteiger partial charge is 0.481 e. The Labute approximate surface area is 203 Å². The molecule has 192 valence electrons. The summed E-state index contributed by atoms with van der Waals surface area (Å²) in [6.07, 6.45) is 24.7. The van der Waals surface area contributed by atoms with E-state index in [-0.39, 0.29) is 12.1 Å². The Hall–Kier alpha value is -1.32. The second-order valence-electron chi connectivity index (χ2n) is 10.6. The molecule has 1 N–H and O–H groups in total. The summed E-state index contributed by atoms with van der Waals surface area (Å²) in [5.41, 5.74) is 0. The zero-order chi connectivity index (χ0) is 24.3. The van der Waals surface area contributed by atoms with Crippen molar-refractivity contribution in [3.63, 3.8) is 0 Å². The van der Waals surface area contributed by atoms with Gasteiger partial charge in [0.05, 0.1) is 11.8 Å². The molecule has 0 aromatic heterocycles. The van der Waals surface area contributed by atoms with Crippen LogP contribution in [0.4, 0.5) is 0 Å². The quantitative estimate of drug-likeness (QED) is 0.111. The summed E-state index contributed by atoms with van der Waals surface area (Å²) in [5.74, 6) is -1.54. The molecule has 0 amide bonds. The molecule has 0 heterocycles. The molecule has 0 fully saturated rings. The van der Waals surface area contributed by atoms with Crippen LogP contribution in [0.25, 0.3) is 0 Å². The van der Waals surface area contributed by atoms with Crippen molar-refractivity contribution >= 4 is 11.9 Å². The molecule has 0 saturated heterocycles. The van der Waals surface area contributed by atoms with E-state index >= 15 is 0 Å². The second-order valence-corrected chi connectivity index (χ2v) is 10.6. The van der Waals surface area contributed by atoms with E-state index in [4.69, 9.17) is 4.74 Å². The topological polar surface area (TPSA) is 63.6 Å². The van der Waals surface area contributed by atoms with Gasteiger partial charge in [-0.25, -0.2) is 0 Å². The van der Waals surface area contributed by atoms with Crippen LogP contribution in [0.2, 0.25) is 0 Å². The van der Waals surface area contributed by atoms with Crippen LogP contribution in [0.1, 0.15) is 136 Å². The summed E-state index contributed by atoms with van der Waals surface area (Å²) in [5, 5.41) is 9.41. The van der Waals surface area contributed by atoms with Crippen molar-refractivity contribution in [2.45, 2.75) is 142 Å². The minimum Gasteiger partial charge on any atom is -0.481 e. The number of carbonyl (C=O) groups is 2. The number of carboxylic acids is 1. The molecule has 0 bridgehead atoms. The van der Waals surface area contributed by atoms with E-state index in [1.807, 2.05) is 12.2 Å². The van der Waals surface area contributed by atoms with E-state index in [9.17, 15) is 14.7 Å². The molecule has 0 aromatic rings. The Balaban J connectivity index is 2.07. The molecule has 0 spiro atoms. The van der Waals surface area contributed by atoms with Gasteiger partial charge >= 0.3 is 11.9 Å². The Morgan fingerprint density at radius 3 is 1.67 bits per heavy atom. The van der Waals surface area contributed by atoms with Crippen LogP contribution >= 0.6 is 0 Å². The van der Waals surface area contributed by atoms with Gasteiger partial charge in [0.15, 0.2) is 0 Å². The fourth-order valence-corrected chi connectivity index (χ4v) is 4.88. The third-order valence-corrected chi connectivity index (χ3v) is 7.00. The van der Waals surface area contributed by atoms with Crippen LogP contribution in [0.5, 0.6) is 0 Å². The molecule has 0 radical (unpaired) electrons. The molecule has 0 aromatic carbocycles. The van der Waals surface area contributed by atoms with E-state index in [0.29, 0.717) is 12.8 Å². The maximum atomic E-state index is 12.6. The first-order valence-corrected chi connectivity index (χ1v) is 14.0. The van der Waals surface area contributed by atoms with Crippen molar-refractivity contribution in [2.24, 2.45) is 17.8 Å².